The van der Waals surface area contributed by atoms with Gasteiger partial charge >= 0.3 is 5.95 Å². The van der Waals surface area contributed by atoms with Crippen LogP contribution in [-0.2, 0) is 13.6 Å². The zero-order valence-electron chi connectivity index (χ0n) is 17.5. The van der Waals surface area contributed by atoms with Crippen LogP contribution in [0.4, 0.5) is 5.95 Å². The molecule has 31 heavy (non-hydrogen) atoms. The number of ketones is 1. The predicted octanol–water partition coefficient (Wildman–Crippen LogP) is 1.12. The summed E-state index contributed by atoms with van der Waals surface area (Å²) in [6, 6.07) is 25.6. The molecule has 4 aromatic rings. The smallest absolute Gasteiger partial charge is 0.355 e. The van der Waals surface area contributed by atoms with Gasteiger partial charge in [-0.2, -0.15) is 0 Å². The van der Waals surface area contributed by atoms with E-state index < -0.39 is 0 Å². The number of hydrogen-bond acceptors (Lipinski definition) is 3. The maximum Gasteiger partial charge on any atom is 0.355 e. The van der Waals surface area contributed by atoms with E-state index in [2.05, 4.69) is 12.1 Å². The van der Waals surface area contributed by atoms with Crippen LogP contribution in [0.25, 0.3) is 22.4 Å². The van der Waals surface area contributed by atoms with Crippen molar-refractivity contribution in [2.24, 2.45) is 7.05 Å². The van der Waals surface area contributed by atoms with Crippen molar-refractivity contribution in [2.75, 3.05) is 12.8 Å². The fourth-order valence-electron chi connectivity index (χ4n) is 3.52. The standard InChI is InChI=1S/C25H23N3O2.BrH/c1-27-23(21-9-6-10-22(15-21)30-2)16-28(25(27)26)17-24(29)20-13-11-19(12-14-20)18-7-4-3-5-8-18;/h3-16,26H,17H2,1-2H3;1H. The van der Waals surface area contributed by atoms with E-state index in [1.54, 1.807) is 11.7 Å². The molecule has 0 fully saturated rings. The minimum absolute atomic E-state index is 0. The Labute approximate surface area is 192 Å². The summed E-state index contributed by atoms with van der Waals surface area (Å²) in [6.07, 6.45) is 1.90. The molecular formula is C25H24BrN3O2. The molecule has 0 spiro atoms. The van der Waals surface area contributed by atoms with Gasteiger partial charge in [0.1, 0.15) is 24.2 Å². The number of rotatable bonds is 6. The summed E-state index contributed by atoms with van der Waals surface area (Å²) in [4.78, 5) is 12.9. The van der Waals surface area contributed by atoms with Gasteiger partial charge in [-0.25, -0.2) is 9.13 Å². The Kier molecular flexibility index (Phi) is 6.92. The third-order valence-corrected chi connectivity index (χ3v) is 5.27. The molecular weight excluding hydrogens is 454 g/mol. The Hall–Kier alpha value is -3.38. The van der Waals surface area contributed by atoms with Gasteiger partial charge in [-0.05, 0) is 23.3 Å². The second-order valence-corrected chi connectivity index (χ2v) is 7.16. The molecule has 0 aliphatic carbocycles. The molecule has 0 saturated heterocycles. The molecule has 0 atom stereocenters. The Morgan fingerprint density at radius 2 is 1.58 bits per heavy atom. The highest BCUT2D eigenvalue weighted by Gasteiger charge is 2.20. The summed E-state index contributed by atoms with van der Waals surface area (Å²) in [5.74, 6) is 1.30. The number of nitrogens with zero attached hydrogens (tertiary/aromatic N) is 2. The highest BCUT2D eigenvalue weighted by Crippen LogP contribution is 2.24. The Morgan fingerprint density at radius 1 is 0.935 bits per heavy atom. The van der Waals surface area contributed by atoms with Crippen molar-refractivity contribution < 1.29 is 31.1 Å². The van der Waals surface area contributed by atoms with Crippen LogP contribution in [0.3, 0.4) is 0 Å². The zero-order valence-corrected chi connectivity index (χ0v) is 19.0. The molecule has 2 N–H and O–H groups in total. The summed E-state index contributed by atoms with van der Waals surface area (Å²) in [5.41, 5.74) is 11.0. The number of nitrogen functional groups attached to an aromatic ring is 1. The lowest BCUT2D eigenvalue weighted by molar-refractivity contribution is -0.667. The second-order valence-electron chi connectivity index (χ2n) is 7.16. The number of Topliss-reactive ketones (excluding diaryl/α,β-unsaturated/α-hetero) is 1. The fourth-order valence-corrected chi connectivity index (χ4v) is 3.52. The number of hydrogen-bond donors (Lipinski definition) is 1. The summed E-state index contributed by atoms with van der Waals surface area (Å²) >= 11 is 0. The van der Waals surface area contributed by atoms with Crippen molar-refractivity contribution in [1.29, 1.82) is 0 Å². The van der Waals surface area contributed by atoms with Gasteiger partial charge < -0.3 is 21.7 Å². The highest BCUT2D eigenvalue weighted by molar-refractivity contribution is 5.95. The fraction of sp³-hybridized carbons (Fsp3) is 0.120. The molecule has 6 heteroatoms. The molecule has 3 aromatic carbocycles. The molecule has 5 nitrogen and oxygen atoms in total. The molecule has 0 aliphatic heterocycles. The molecule has 1 aromatic heterocycles. The van der Waals surface area contributed by atoms with Crippen LogP contribution in [0.15, 0.2) is 85.1 Å². The number of methoxy groups -OCH3 is 1. The molecule has 1 heterocycles. The van der Waals surface area contributed by atoms with E-state index in [9.17, 15) is 4.79 Å². The summed E-state index contributed by atoms with van der Waals surface area (Å²) < 4.78 is 8.97. The normalized spacial score (nSPS) is 10.4. The van der Waals surface area contributed by atoms with Crippen molar-refractivity contribution in [3.05, 3.63) is 90.6 Å². The summed E-state index contributed by atoms with van der Waals surface area (Å²) in [7, 11) is 3.53. The first-order chi connectivity index (χ1) is 14.6. The SMILES string of the molecule is COc1cccc(-c2c[n+](CC(=O)c3ccc(-c4ccccc4)cc3)c(N)n2C)c1.[Br-]. The minimum Gasteiger partial charge on any atom is -1.00 e. The molecule has 0 saturated carbocycles. The van der Waals surface area contributed by atoms with E-state index in [0.29, 0.717) is 11.5 Å². The molecule has 158 valence electrons. The predicted molar refractivity (Wildman–Crippen MR) is 118 cm³/mol. The third-order valence-electron chi connectivity index (χ3n) is 5.27. The molecule has 4 rings (SSSR count). The van der Waals surface area contributed by atoms with Gasteiger partial charge in [-0.1, -0.05) is 66.7 Å². The van der Waals surface area contributed by atoms with Crippen LogP contribution in [0.2, 0.25) is 0 Å². The second kappa shape index (κ2) is 9.62. The van der Waals surface area contributed by atoms with Crippen LogP contribution in [0.5, 0.6) is 5.75 Å². The number of nitrogens with two attached hydrogens (primary N) is 1. The van der Waals surface area contributed by atoms with Gasteiger partial charge in [0.25, 0.3) is 0 Å². The van der Waals surface area contributed by atoms with Gasteiger partial charge in [-0.3, -0.25) is 10.5 Å². The van der Waals surface area contributed by atoms with Crippen molar-refractivity contribution in [3.63, 3.8) is 0 Å². The topological polar surface area (TPSA) is 61.1 Å². The largest absolute Gasteiger partial charge is 1.00 e. The lowest BCUT2D eigenvalue weighted by atomic mass is 10.0. The van der Waals surface area contributed by atoms with Gasteiger partial charge in [0, 0.05) is 11.1 Å². The number of benzene rings is 3. The monoisotopic (exact) mass is 477 g/mol. The Bertz CT molecular complexity index is 1190. The number of imidazole rings is 1. The van der Waals surface area contributed by atoms with Crippen molar-refractivity contribution >= 4 is 11.7 Å². The van der Waals surface area contributed by atoms with Crippen LogP contribution in [0, 0.1) is 0 Å². The first-order valence-electron chi connectivity index (χ1n) is 9.74. The quantitative estimate of drug-likeness (QED) is 0.334. The molecule has 0 amide bonds. The zero-order chi connectivity index (χ0) is 21.1. The van der Waals surface area contributed by atoms with E-state index in [0.717, 1.165) is 28.1 Å². The molecule has 0 bridgehead atoms. The number of anilines is 1. The summed E-state index contributed by atoms with van der Waals surface area (Å²) in [5, 5.41) is 0. The minimum atomic E-state index is 0. The number of aromatic nitrogens is 2. The number of carbonyl (C=O) groups excluding carboxylic acids is 1. The van der Waals surface area contributed by atoms with E-state index in [1.807, 2.05) is 84.5 Å². The van der Waals surface area contributed by atoms with Crippen molar-refractivity contribution in [2.45, 2.75) is 6.54 Å². The van der Waals surface area contributed by atoms with Gasteiger partial charge in [0.15, 0.2) is 5.78 Å². The van der Waals surface area contributed by atoms with Gasteiger partial charge in [-0.15, -0.1) is 0 Å². The lowest BCUT2D eigenvalue weighted by Gasteiger charge is -2.04. The maximum absolute atomic E-state index is 12.9. The Balaban J connectivity index is 0.00000272. The number of halogens is 1. The third kappa shape index (κ3) is 4.70. The van der Waals surface area contributed by atoms with Crippen molar-refractivity contribution in [1.82, 2.24) is 4.57 Å². The maximum atomic E-state index is 12.9. The van der Waals surface area contributed by atoms with E-state index >= 15 is 0 Å². The van der Waals surface area contributed by atoms with Crippen LogP contribution < -0.4 is 32.0 Å². The lowest BCUT2D eigenvalue weighted by Crippen LogP contribution is -3.00. The van der Waals surface area contributed by atoms with E-state index in [-0.39, 0.29) is 29.3 Å². The molecule has 0 aliphatic rings. The van der Waals surface area contributed by atoms with Gasteiger partial charge in [0.2, 0.25) is 0 Å². The van der Waals surface area contributed by atoms with Crippen LogP contribution in [0.1, 0.15) is 10.4 Å². The average molecular weight is 478 g/mol. The summed E-state index contributed by atoms with van der Waals surface area (Å²) in [6.45, 7) is 0.175. The van der Waals surface area contributed by atoms with E-state index in [4.69, 9.17) is 10.5 Å². The first kappa shape index (κ1) is 22.3. The highest BCUT2D eigenvalue weighted by atomic mass is 79.9. The molecule has 0 unspecified atom stereocenters. The molecule has 0 radical (unpaired) electrons. The number of ether oxygens (including phenoxy) is 1. The van der Waals surface area contributed by atoms with Crippen LogP contribution in [-0.4, -0.2) is 17.5 Å². The van der Waals surface area contributed by atoms with Crippen molar-refractivity contribution in [3.8, 4) is 28.1 Å². The Morgan fingerprint density at radius 3 is 2.26 bits per heavy atom. The number of carbonyl (C=O) groups is 1. The average Bonchev–Trinajstić information content (AvgIpc) is 3.08. The van der Waals surface area contributed by atoms with Crippen LogP contribution >= 0.6 is 0 Å². The first-order valence-corrected chi connectivity index (χ1v) is 9.74. The van der Waals surface area contributed by atoms with E-state index in [1.165, 1.54) is 0 Å². The van der Waals surface area contributed by atoms with Gasteiger partial charge in [0.05, 0.1) is 14.2 Å².